The summed E-state index contributed by atoms with van der Waals surface area (Å²) in [6.07, 6.45) is 3.99. The third-order valence-electron chi connectivity index (χ3n) is 2.07. The molecule has 1 saturated heterocycles. The summed E-state index contributed by atoms with van der Waals surface area (Å²) in [7, 11) is -0.879. The van der Waals surface area contributed by atoms with Crippen molar-refractivity contribution in [2.75, 3.05) is 0 Å². The Bertz CT molecular complexity index is 106. The second-order valence-corrected chi connectivity index (χ2v) is 22.0. The molecule has 0 atom stereocenters. The zero-order chi connectivity index (χ0) is 7.61. The third kappa shape index (κ3) is 2.74. The van der Waals surface area contributed by atoms with Gasteiger partial charge in [-0.3, -0.25) is 0 Å². The Morgan fingerprint density at radius 1 is 0.900 bits per heavy atom. The van der Waals surface area contributed by atoms with Crippen LogP contribution in [-0.4, -0.2) is 13.8 Å². The van der Waals surface area contributed by atoms with Crippen LogP contribution in [0.15, 0.2) is 0 Å². The predicted octanol–water partition coefficient (Wildman–Crippen LogP) is 3.13. The molecular weight excluding hydrogens is 223 g/mol. The smallest absolute Gasteiger partial charge is 0.130 e. The molecule has 0 aromatic carbocycles. The Kier molecular flexibility index (Phi) is 3.58. The molecule has 0 aromatic rings. The van der Waals surface area contributed by atoms with E-state index in [1.807, 2.05) is 0 Å². The van der Waals surface area contributed by atoms with E-state index in [0.29, 0.717) is 0 Å². The highest BCUT2D eigenvalue weighted by molar-refractivity contribution is 7.85. The third-order valence-corrected chi connectivity index (χ3v) is 18.0. The van der Waals surface area contributed by atoms with Gasteiger partial charge in [0.15, 0.2) is 0 Å². The van der Waals surface area contributed by atoms with E-state index >= 15 is 0 Å². The predicted molar refractivity (Wildman–Crippen MR) is 53.9 cm³/mol. The molecule has 0 spiro atoms. The standard InChI is InChI=1S/C5H11Cl3Si2/c6-10(7,8)9-4-2-1-3-5-9/h9H,1-5H2. The molecule has 0 radical (unpaired) electrons. The molecule has 1 aliphatic heterocycles. The summed E-state index contributed by atoms with van der Waals surface area (Å²) in [5, 5.41) is 0. The molecule has 0 nitrogen and oxygen atoms in total. The van der Waals surface area contributed by atoms with Crippen LogP contribution in [0.1, 0.15) is 19.3 Å². The van der Waals surface area contributed by atoms with E-state index in [4.69, 9.17) is 33.2 Å². The lowest BCUT2D eigenvalue weighted by atomic mass is 10.3. The van der Waals surface area contributed by atoms with Crippen molar-refractivity contribution in [1.29, 1.82) is 0 Å². The fraction of sp³-hybridized carbons (Fsp3) is 1.00. The van der Waals surface area contributed by atoms with Gasteiger partial charge in [0.1, 0.15) is 0 Å². The summed E-state index contributed by atoms with van der Waals surface area (Å²) in [4.78, 5) is 0. The van der Waals surface area contributed by atoms with Crippen LogP contribution in [0, 0.1) is 0 Å². The first-order valence-electron chi connectivity index (χ1n) is 3.67. The van der Waals surface area contributed by atoms with Gasteiger partial charge in [-0.25, -0.2) is 0 Å². The normalized spacial score (nSPS) is 23.1. The van der Waals surface area contributed by atoms with E-state index in [-0.39, 0.29) is 0 Å². The van der Waals surface area contributed by atoms with Gasteiger partial charge in [0.2, 0.25) is 0 Å². The fourth-order valence-electron chi connectivity index (χ4n) is 1.43. The van der Waals surface area contributed by atoms with Crippen LogP contribution in [0.3, 0.4) is 0 Å². The first-order valence-corrected chi connectivity index (χ1v) is 12.2. The summed E-state index contributed by atoms with van der Waals surface area (Å²) in [6.45, 7) is 0. The monoisotopic (exact) mass is 232 g/mol. The van der Waals surface area contributed by atoms with Crippen molar-refractivity contribution < 1.29 is 0 Å². The van der Waals surface area contributed by atoms with Crippen molar-refractivity contribution in [3.05, 3.63) is 0 Å². The zero-order valence-corrected chi connectivity index (χ0v) is 10.2. The maximum atomic E-state index is 5.94. The van der Waals surface area contributed by atoms with Gasteiger partial charge in [0.25, 0.3) is 0 Å². The molecule has 1 heterocycles. The number of hydrogen-bond acceptors (Lipinski definition) is 0. The molecule has 0 bridgehead atoms. The molecule has 0 saturated carbocycles. The SMILES string of the molecule is Cl[Si](Cl)(Cl)[SiH]1CCCCC1. The van der Waals surface area contributed by atoms with Gasteiger partial charge in [0.05, 0.1) is 8.31 Å². The Morgan fingerprint density at radius 3 is 1.70 bits per heavy atom. The molecule has 0 aliphatic carbocycles. The Hall–Kier alpha value is 1.30. The van der Waals surface area contributed by atoms with Crippen LogP contribution in [0.5, 0.6) is 0 Å². The van der Waals surface area contributed by atoms with E-state index in [1.54, 1.807) is 0 Å². The van der Waals surface area contributed by atoms with E-state index in [2.05, 4.69) is 0 Å². The minimum atomic E-state index is -2.20. The summed E-state index contributed by atoms with van der Waals surface area (Å²) in [5.41, 5.74) is -2.20. The molecule has 1 rings (SSSR count). The summed E-state index contributed by atoms with van der Waals surface area (Å²) in [6, 6.07) is 2.56. The Balaban J connectivity index is 2.39. The molecule has 0 unspecified atom stereocenters. The van der Waals surface area contributed by atoms with Crippen LogP contribution < -0.4 is 0 Å². The molecule has 60 valence electrons. The van der Waals surface area contributed by atoms with E-state index < -0.39 is 13.8 Å². The molecule has 10 heavy (non-hydrogen) atoms. The molecule has 0 amide bonds. The van der Waals surface area contributed by atoms with Crippen LogP contribution >= 0.6 is 33.2 Å². The fourth-order valence-corrected chi connectivity index (χ4v) is 13.0. The Morgan fingerprint density at radius 2 is 1.40 bits per heavy atom. The van der Waals surface area contributed by atoms with Crippen molar-refractivity contribution in [1.82, 2.24) is 0 Å². The Labute approximate surface area is 78.4 Å². The average molecular weight is 234 g/mol. The number of halogens is 3. The van der Waals surface area contributed by atoms with Gasteiger partial charge in [-0.15, -0.1) is 33.2 Å². The van der Waals surface area contributed by atoms with Gasteiger partial charge in [0, 0.05) is 0 Å². The van der Waals surface area contributed by atoms with Crippen LogP contribution in [0.25, 0.3) is 0 Å². The van der Waals surface area contributed by atoms with Gasteiger partial charge in [-0.2, -0.15) is 0 Å². The minimum absolute atomic E-state index is 0.879. The van der Waals surface area contributed by atoms with Crippen LogP contribution in [-0.2, 0) is 0 Å². The van der Waals surface area contributed by atoms with Crippen molar-refractivity contribution >= 4 is 47.1 Å². The zero-order valence-electron chi connectivity index (χ0n) is 5.75. The van der Waals surface area contributed by atoms with Crippen molar-refractivity contribution in [2.45, 2.75) is 31.4 Å². The lowest BCUT2D eigenvalue weighted by Gasteiger charge is -2.24. The molecule has 5 heteroatoms. The largest absolute Gasteiger partial charge is 0.321 e. The average Bonchev–Trinajstić information content (AvgIpc) is 1.88. The quantitative estimate of drug-likeness (QED) is 0.482. The van der Waals surface area contributed by atoms with E-state index in [1.165, 1.54) is 31.4 Å². The highest BCUT2D eigenvalue weighted by Crippen LogP contribution is 2.32. The van der Waals surface area contributed by atoms with E-state index in [9.17, 15) is 0 Å². The molecule has 0 aromatic heterocycles. The topological polar surface area (TPSA) is 0 Å². The maximum absolute atomic E-state index is 5.94. The lowest BCUT2D eigenvalue weighted by Crippen LogP contribution is -2.37. The highest BCUT2D eigenvalue weighted by Gasteiger charge is 2.38. The molecular formula is C5H11Cl3Si2. The van der Waals surface area contributed by atoms with Crippen molar-refractivity contribution in [3.8, 4) is 0 Å². The van der Waals surface area contributed by atoms with Crippen LogP contribution in [0.4, 0.5) is 0 Å². The van der Waals surface area contributed by atoms with Gasteiger partial charge >= 0.3 is 5.52 Å². The lowest BCUT2D eigenvalue weighted by molar-refractivity contribution is 0.730. The molecule has 1 fully saturated rings. The number of rotatable bonds is 1. The van der Waals surface area contributed by atoms with E-state index in [0.717, 1.165) is 0 Å². The van der Waals surface area contributed by atoms with Gasteiger partial charge in [-0.1, -0.05) is 31.4 Å². The van der Waals surface area contributed by atoms with Crippen LogP contribution in [0.2, 0.25) is 12.1 Å². The highest BCUT2D eigenvalue weighted by atomic mass is 35.8. The summed E-state index contributed by atoms with van der Waals surface area (Å²) >= 11 is 17.8. The maximum Gasteiger partial charge on any atom is 0.321 e. The van der Waals surface area contributed by atoms with Crippen molar-refractivity contribution in [2.24, 2.45) is 0 Å². The van der Waals surface area contributed by atoms with Crippen molar-refractivity contribution in [3.63, 3.8) is 0 Å². The first-order chi connectivity index (χ1) is 4.61. The van der Waals surface area contributed by atoms with Gasteiger partial charge in [-0.05, 0) is 0 Å². The first kappa shape index (κ1) is 9.39. The summed E-state index contributed by atoms with van der Waals surface area (Å²) in [5.74, 6) is 0. The second kappa shape index (κ2) is 3.81. The molecule has 0 N–H and O–H groups in total. The second-order valence-electron chi connectivity index (χ2n) is 2.88. The minimum Gasteiger partial charge on any atom is -0.130 e. The summed E-state index contributed by atoms with van der Waals surface area (Å²) < 4.78 is 0. The number of hydrogen-bond donors (Lipinski definition) is 0. The molecule has 1 aliphatic rings. The van der Waals surface area contributed by atoms with Gasteiger partial charge < -0.3 is 0 Å².